The number of carboxylic acids is 1. The molecule has 0 aromatic carbocycles. The van der Waals surface area contributed by atoms with Crippen molar-refractivity contribution in [2.45, 2.75) is 26.2 Å². The molecule has 0 bridgehead atoms. The van der Waals surface area contributed by atoms with Crippen LogP contribution in [-0.4, -0.2) is 36.6 Å². The first kappa shape index (κ1) is 13.0. The van der Waals surface area contributed by atoms with Gasteiger partial charge >= 0.3 is 5.97 Å². The highest BCUT2D eigenvalue weighted by molar-refractivity contribution is 5.80. The number of hydrogen-bond acceptors (Lipinski definition) is 3. The number of rotatable bonds is 6. The highest BCUT2D eigenvalue weighted by atomic mass is 16.4. The number of amides is 1. The average Bonchev–Trinajstić information content (AvgIpc) is 2.76. The average molecular weight is 228 g/mol. The van der Waals surface area contributed by atoms with E-state index in [9.17, 15) is 9.59 Å². The zero-order valence-corrected chi connectivity index (χ0v) is 9.66. The Morgan fingerprint density at radius 3 is 2.81 bits per heavy atom. The fourth-order valence-electron chi connectivity index (χ4n) is 1.91. The van der Waals surface area contributed by atoms with Crippen molar-refractivity contribution in [3.05, 3.63) is 0 Å². The van der Waals surface area contributed by atoms with E-state index < -0.39 is 11.9 Å². The third-order valence-electron chi connectivity index (χ3n) is 2.94. The number of aliphatic carboxylic acids is 1. The summed E-state index contributed by atoms with van der Waals surface area (Å²) in [5, 5.41) is 14.8. The maximum absolute atomic E-state index is 11.6. The molecule has 5 nitrogen and oxygen atoms in total. The summed E-state index contributed by atoms with van der Waals surface area (Å²) < 4.78 is 0. The number of carboxylic acid groups (broad SMARTS) is 1. The van der Waals surface area contributed by atoms with Gasteiger partial charge in [-0.2, -0.15) is 0 Å². The Balaban J connectivity index is 2.30. The summed E-state index contributed by atoms with van der Waals surface area (Å²) in [6.45, 7) is 3.77. The molecule has 92 valence electrons. The molecular weight excluding hydrogens is 208 g/mol. The monoisotopic (exact) mass is 228 g/mol. The van der Waals surface area contributed by atoms with E-state index >= 15 is 0 Å². The minimum Gasteiger partial charge on any atom is -0.481 e. The van der Waals surface area contributed by atoms with Gasteiger partial charge in [-0.15, -0.1) is 0 Å². The van der Waals surface area contributed by atoms with Crippen molar-refractivity contribution < 1.29 is 14.7 Å². The lowest BCUT2D eigenvalue weighted by molar-refractivity contribution is -0.142. The van der Waals surface area contributed by atoms with Crippen LogP contribution in [0.2, 0.25) is 0 Å². The minimum absolute atomic E-state index is 0.0103. The summed E-state index contributed by atoms with van der Waals surface area (Å²) in [6, 6.07) is 0. The highest BCUT2D eigenvalue weighted by Gasteiger charge is 2.24. The molecule has 1 aliphatic heterocycles. The van der Waals surface area contributed by atoms with Gasteiger partial charge in [0.1, 0.15) is 0 Å². The van der Waals surface area contributed by atoms with E-state index in [4.69, 9.17) is 5.11 Å². The Hall–Kier alpha value is -1.10. The van der Waals surface area contributed by atoms with Gasteiger partial charge in [-0.1, -0.05) is 13.3 Å². The van der Waals surface area contributed by atoms with Gasteiger partial charge in [0.05, 0.1) is 11.8 Å². The van der Waals surface area contributed by atoms with Gasteiger partial charge < -0.3 is 15.7 Å². The van der Waals surface area contributed by atoms with Crippen LogP contribution >= 0.6 is 0 Å². The van der Waals surface area contributed by atoms with Crippen molar-refractivity contribution in [2.75, 3.05) is 19.6 Å². The third kappa shape index (κ3) is 3.81. The number of hydrogen-bond donors (Lipinski definition) is 3. The van der Waals surface area contributed by atoms with Crippen molar-refractivity contribution in [1.82, 2.24) is 10.6 Å². The standard InChI is InChI=1S/C11H20N2O3/c1-2-3-9(11(15)16)7-13-10(14)8-4-5-12-6-8/h8-9,12H,2-7H2,1H3,(H,13,14)(H,15,16). The molecule has 5 heteroatoms. The minimum atomic E-state index is -0.827. The fraction of sp³-hybridized carbons (Fsp3) is 0.818. The second-order valence-electron chi connectivity index (χ2n) is 4.26. The van der Waals surface area contributed by atoms with Crippen LogP contribution in [-0.2, 0) is 9.59 Å². The smallest absolute Gasteiger partial charge is 0.308 e. The van der Waals surface area contributed by atoms with Gasteiger partial charge in [-0.3, -0.25) is 9.59 Å². The van der Waals surface area contributed by atoms with Crippen LogP contribution in [0.15, 0.2) is 0 Å². The predicted octanol–water partition coefficient (Wildman–Crippen LogP) is 0.213. The van der Waals surface area contributed by atoms with Gasteiger partial charge in [0.15, 0.2) is 0 Å². The zero-order chi connectivity index (χ0) is 12.0. The first-order valence-electron chi connectivity index (χ1n) is 5.86. The summed E-state index contributed by atoms with van der Waals surface area (Å²) >= 11 is 0. The van der Waals surface area contributed by atoms with Crippen molar-refractivity contribution in [3.63, 3.8) is 0 Å². The molecule has 0 radical (unpaired) electrons. The number of carbonyl (C=O) groups excluding carboxylic acids is 1. The summed E-state index contributed by atoms with van der Waals surface area (Å²) in [5.41, 5.74) is 0. The molecule has 0 aliphatic carbocycles. The van der Waals surface area contributed by atoms with Gasteiger partial charge in [0, 0.05) is 13.1 Å². The van der Waals surface area contributed by atoms with E-state index in [0.29, 0.717) is 13.0 Å². The van der Waals surface area contributed by atoms with E-state index in [0.717, 1.165) is 19.4 Å². The maximum Gasteiger partial charge on any atom is 0.308 e. The SMILES string of the molecule is CCCC(CNC(=O)C1CCNC1)C(=O)O. The van der Waals surface area contributed by atoms with Crippen LogP contribution in [0.4, 0.5) is 0 Å². The Morgan fingerprint density at radius 2 is 2.31 bits per heavy atom. The largest absolute Gasteiger partial charge is 0.481 e. The van der Waals surface area contributed by atoms with Crippen molar-refractivity contribution in [1.29, 1.82) is 0 Å². The molecule has 1 saturated heterocycles. The molecule has 0 saturated carbocycles. The van der Waals surface area contributed by atoms with E-state index in [2.05, 4.69) is 10.6 Å². The quantitative estimate of drug-likeness (QED) is 0.607. The van der Waals surface area contributed by atoms with Gasteiger partial charge in [-0.05, 0) is 19.4 Å². The molecule has 0 spiro atoms. The van der Waals surface area contributed by atoms with Crippen LogP contribution in [0, 0.1) is 11.8 Å². The molecule has 2 atom stereocenters. The second kappa shape index (κ2) is 6.48. The molecule has 1 rings (SSSR count). The van der Waals surface area contributed by atoms with E-state index in [1.807, 2.05) is 6.92 Å². The first-order chi connectivity index (χ1) is 7.65. The van der Waals surface area contributed by atoms with Crippen LogP contribution in [0.5, 0.6) is 0 Å². The van der Waals surface area contributed by atoms with E-state index in [-0.39, 0.29) is 18.4 Å². The molecular formula is C11H20N2O3. The van der Waals surface area contributed by atoms with Crippen LogP contribution in [0.3, 0.4) is 0 Å². The Labute approximate surface area is 95.6 Å². The second-order valence-corrected chi connectivity index (χ2v) is 4.26. The predicted molar refractivity (Wildman–Crippen MR) is 60.0 cm³/mol. The number of carbonyl (C=O) groups is 2. The van der Waals surface area contributed by atoms with E-state index in [1.54, 1.807) is 0 Å². The Kier molecular flexibility index (Phi) is 5.25. The Morgan fingerprint density at radius 1 is 1.56 bits per heavy atom. The van der Waals surface area contributed by atoms with Crippen molar-refractivity contribution in [3.8, 4) is 0 Å². The van der Waals surface area contributed by atoms with Crippen molar-refractivity contribution in [2.24, 2.45) is 11.8 Å². The molecule has 3 N–H and O–H groups in total. The summed E-state index contributed by atoms with van der Waals surface area (Å²) in [6.07, 6.45) is 2.27. The fourth-order valence-corrected chi connectivity index (χ4v) is 1.91. The third-order valence-corrected chi connectivity index (χ3v) is 2.94. The number of nitrogens with one attached hydrogen (secondary N) is 2. The lowest BCUT2D eigenvalue weighted by atomic mass is 10.0. The van der Waals surface area contributed by atoms with Crippen LogP contribution in [0.1, 0.15) is 26.2 Å². The molecule has 1 amide bonds. The maximum atomic E-state index is 11.6. The first-order valence-corrected chi connectivity index (χ1v) is 5.86. The van der Waals surface area contributed by atoms with E-state index in [1.165, 1.54) is 0 Å². The molecule has 0 aromatic rings. The van der Waals surface area contributed by atoms with Crippen LogP contribution < -0.4 is 10.6 Å². The van der Waals surface area contributed by atoms with Gasteiger partial charge in [-0.25, -0.2) is 0 Å². The molecule has 1 fully saturated rings. The molecule has 1 heterocycles. The van der Waals surface area contributed by atoms with Crippen molar-refractivity contribution >= 4 is 11.9 Å². The van der Waals surface area contributed by atoms with Crippen LogP contribution in [0.25, 0.3) is 0 Å². The zero-order valence-electron chi connectivity index (χ0n) is 9.66. The lowest BCUT2D eigenvalue weighted by Gasteiger charge is -2.14. The molecule has 0 aromatic heterocycles. The molecule has 16 heavy (non-hydrogen) atoms. The normalized spacial score (nSPS) is 21.7. The summed E-state index contributed by atoms with van der Waals surface area (Å²) in [5.74, 6) is -1.29. The molecule has 1 aliphatic rings. The summed E-state index contributed by atoms with van der Waals surface area (Å²) in [4.78, 5) is 22.5. The summed E-state index contributed by atoms with van der Waals surface area (Å²) in [7, 11) is 0. The Bertz CT molecular complexity index is 250. The van der Waals surface area contributed by atoms with Gasteiger partial charge in [0.25, 0.3) is 0 Å². The lowest BCUT2D eigenvalue weighted by Crippen LogP contribution is -2.37. The highest BCUT2D eigenvalue weighted by Crippen LogP contribution is 2.09. The topological polar surface area (TPSA) is 78.4 Å². The van der Waals surface area contributed by atoms with Gasteiger partial charge in [0.2, 0.25) is 5.91 Å². The molecule has 2 unspecified atom stereocenters.